The van der Waals surface area contributed by atoms with Crippen molar-refractivity contribution in [3.63, 3.8) is 0 Å². The third kappa shape index (κ3) is 3.23. The smallest absolute Gasteiger partial charge is 0.344 e. The summed E-state index contributed by atoms with van der Waals surface area (Å²) >= 11 is 0. The van der Waals surface area contributed by atoms with Crippen molar-refractivity contribution in [1.82, 2.24) is 0 Å². The molecule has 0 aliphatic rings. The lowest BCUT2D eigenvalue weighted by Crippen LogP contribution is -2.16. The normalized spacial score (nSPS) is 10.8. The number of furan rings is 2. The molecule has 0 saturated heterocycles. The van der Waals surface area contributed by atoms with Gasteiger partial charge in [-0.2, -0.15) is 0 Å². The zero-order chi connectivity index (χ0) is 19.7. The number of nitrogens with one attached hydrogen (secondary N) is 1. The molecular weight excluding hydrogens is 350 g/mol. The van der Waals surface area contributed by atoms with Gasteiger partial charge in [-0.05, 0) is 33.8 Å². The summed E-state index contributed by atoms with van der Waals surface area (Å²) < 4.78 is 16.1. The van der Waals surface area contributed by atoms with Crippen molar-refractivity contribution in [1.29, 1.82) is 0 Å². The van der Waals surface area contributed by atoms with Crippen LogP contribution in [-0.2, 0) is 4.74 Å². The Morgan fingerprint density at radius 3 is 2.41 bits per heavy atom. The van der Waals surface area contributed by atoms with Gasteiger partial charge in [0.25, 0.3) is 5.91 Å². The van der Waals surface area contributed by atoms with Crippen molar-refractivity contribution in [2.24, 2.45) is 0 Å². The van der Waals surface area contributed by atoms with Crippen LogP contribution in [0.3, 0.4) is 0 Å². The molecule has 1 aromatic carbocycles. The topological polar surface area (TPSA) is 98.8 Å². The van der Waals surface area contributed by atoms with Gasteiger partial charge in [-0.25, -0.2) is 4.79 Å². The molecule has 140 valence electrons. The molecule has 0 unspecified atom stereocenters. The molecule has 0 aliphatic heterocycles. The molecule has 1 amide bonds. The number of benzene rings is 1. The van der Waals surface area contributed by atoms with Gasteiger partial charge < -0.3 is 13.6 Å². The summed E-state index contributed by atoms with van der Waals surface area (Å²) in [7, 11) is 0. The first-order chi connectivity index (χ1) is 12.8. The minimum atomic E-state index is -0.740. The number of rotatable bonds is 5. The summed E-state index contributed by atoms with van der Waals surface area (Å²) in [6.45, 7) is 6.39. The molecule has 0 saturated carbocycles. The Labute approximate surface area is 155 Å². The molecule has 1 N–H and O–H groups in total. The Balaban J connectivity index is 2.02. The molecule has 0 aliphatic carbocycles. The second kappa shape index (κ2) is 7.11. The molecule has 3 aromatic rings. The van der Waals surface area contributed by atoms with E-state index in [0.29, 0.717) is 11.1 Å². The highest BCUT2D eigenvalue weighted by molar-refractivity contribution is 6.13. The van der Waals surface area contributed by atoms with Crippen LogP contribution in [0.2, 0.25) is 0 Å². The molecule has 0 bridgehead atoms. The zero-order valence-corrected chi connectivity index (χ0v) is 15.5. The van der Waals surface area contributed by atoms with E-state index < -0.39 is 11.9 Å². The first-order valence-electron chi connectivity index (χ1n) is 8.46. The van der Waals surface area contributed by atoms with Crippen molar-refractivity contribution in [3.05, 3.63) is 52.5 Å². The van der Waals surface area contributed by atoms with E-state index in [-0.39, 0.29) is 40.9 Å². The summed E-state index contributed by atoms with van der Waals surface area (Å²) in [6, 6.07) is 7.26. The van der Waals surface area contributed by atoms with Crippen LogP contribution in [0.15, 0.2) is 33.1 Å². The van der Waals surface area contributed by atoms with E-state index >= 15 is 0 Å². The summed E-state index contributed by atoms with van der Waals surface area (Å²) in [4.78, 5) is 37.0. The Kier molecular flexibility index (Phi) is 4.85. The van der Waals surface area contributed by atoms with E-state index in [4.69, 9.17) is 13.6 Å². The maximum atomic E-state index is 12.7. The highest BCUT2D eigenvalue weighted by Gasteiger charge is 2.30. The van der Waals surface area contributed by atoms with Crippen LogP contribution in [0.25, 0.3) is 11.0 Å². The number of hydrogen-bond donors (Lipinski definition) is 1. The fraction of sp³-hybridized carbons (Fsp3) is 0.250. The van der Waals surface area contributed by atoms with E-state index in [1.54, 1.807) is 32.9 Å². The van der Waals surface area contributed by atoms with E-state index in [0.717, 1.165) is 5.39 Å². The minimum absolute atomic E-state index is 0.0880. The van der Waals surface area contributed by atoms with Crippen molar-refractivity contribution >= 4 is 34.5 Å². The largest absolute Gasteiger partial charge is 0.462 e. The lowest BCUT2D eigenvalue weighted by molar-refractivity contribution is 0.0524. The first kappa shape index (κ1) is 18.4. The van der Waals surface area contributed by atoms with E-state index in [2.05, 4.69) is 5.32 Å². The lowest BCUT2D eigenvalue weighted by Gasteiger charge is -2.05. The van der Waals surface area contributed by atoms with Gasteiger partial charge >= 0.3 is 5.97 Å². The zero-order valence-electron chi connectivity index (χ0n) is 15.5. The monoisotopic (exact) mass is 369 g/mol. The van der Waals surface area contributed by atoms with Crippen molar-refractivity contribution < 1.29 is 28.0 Å². The van der Waals surface area contributed by atoms with Crippen molar-refractivity contribution in [2.75, 3.05) is 11.9 Å². The minimum Gasteiger partial charge on any atom is -0.462 e. The summed E-state index contributed by atoms with van der Waals surface area (Å²) in [6.07, 6.45) is 0. The third-order valence-corrected chi connectivity index (χ3v) is 4.19. The third-order valence-electron chi connectivity index (χ3n) is 4.19. The molecule has 7 heteroatoms. The highest BCUT2D eigenvalue weighted by Crippen LogP contribution is 2.30. The number of fused-ring (bicyclic) bond motifs is 1. The molecule has 7 nitrogen and oxygen atoms in total. The second-order valence-corrected chi connectivity index (χ2v) is 6.02. The average molecular weight is 369 g/mol. The number of aryl methyl sites for hydroxylation is 2. The number of Topliss-reactive ketones (excluding diaryl/α,β-unsaturated/α-hetero) is 1. The summed E-state index contributed by atoms with van der Waals surface area (Å²) in [5, 5.41) is 3.34. The van der Waals surface area contributed by atoms with Gasteiger partial charge in [0, 0.05) is 10.9 Å². The SMILES string of the molecule is CCOC(=O)c1c(NC(=O)c2oc3ccccc3c2C)oc(C)c1C(C)=O. The van der Waals surface area contributed by atoms with Gasteiger partial charge in [0.2, 0.25) is 5.88 Å². The Morgan fingerprint density at radius 1 is 1.07 bits per heavy atom. The fourth-order valence-corrected chi connectivity index (χ4v) is 3.01. The number of ketones is 1. The van der Waals surface area contributed by atoms with Crippen LogP contribution in [0.1, 0.15) is 56.4 Å². The number of ether oxygens (including phenoxy) is 1. The van der Waals surface area contributed by atoms with E-state index in [1.807, 2.05) is 12.1 Å². The number of hydrogen-bond acceptors (Lipinski definition) is 6. The number of para-hydroxylation sites is 1. The van der Waals surface area contributed by atoms with Crippen LogP contribution in [0.4, 0.5) is 5.88 Å². The summed E-state index contributed by atoms with van der Waals surface area (Å²) in [5.41, 5.74) is 1.23. The number of carbonyl (C=O) groups excluding carboxylic acids is 3. The molecule has 2 aromatic heterocycles. The summed E-state index contributed by atoms with van der Waals surface area (Å²) in [5.74, 6) is -1.50. The van der Waals surface area contributed by atoms with E-state index in [1.165, 1.54) is 6.92 Å². The Morgan fingerprint density at radius 2 is 1.78 bits per heavy atom. The van der Waals surface area contributed by atoms with Gasteiger partial charge in [-0.15, -0.1) is 0 Å². The lowest BCUT2D eigenvalue weighted by atomic mass is 10.1. The maximum absolute atomic E-state index is 12.7. The molecule has 3 rings (SSSR count). The predicted molar refractivity (Wildman–Crippen MR) is 98.3 cm³/mol. The molecule has 0 fully saturated rings. The van der Waals surface area contributed by atoms with Gasteiger partial charge in [-0.1, -0.05) is 18.2 Å². The van der Waals surface area contributed by atoms with Crippen LogP contribution in [-0.4, -0.2) is 24.3 Å². The quantitative estimate of drug-likeness (QED) is 0.532. The Bertz CT molecular complexity index is 1060. The highest BCUT2D eigenvalue weighted by atomic mass is 16.5. The van der Waals surface area contributed by atoms with E-state index in [9.17, 15) is 14.4 Å². The predicted octanol–water partition coefficient (Wildman–Crippen LogP) is 4.27. The molecule has 27 heavy (non-hydrogen) atoms. The fourth-order valence-electron chi connectivity index (χ4n) is 3.01. The van der Waals surface area contributed by atoms with Crippen molar-refractivity contribution in [3.8, 4) is 0 Å². The van der Waals surface area contributed by atoms with Crippen molar-refractivity contribution in [2.45, 2.75) is 27.7 Å². The molecule has 0 atom stereocenters. The molecule has 0 radical (unpaired) electrons. The Hall–Kier alpha value is -3.35. The average Bonchev–Trinajstić information content (AvgIpc) is 3.12. The molecule has 0 spiro atoms. The van der Waals surface area contributed by atoms with Gasteiger partial charge in [0.1, 0.15) is 16.9 Å². The van der Waals surface area contributed by atoms with Gasteiger partial charge in [-0.3, -0.25) is 14.9 Å². The van der Waals surface area contributed by atoms with Crippen LogP contribution in [0, 0.1) is 13.8 Å². The first-order valence-corrected chi connectivity index (χ1v) is 8.46. The molecule has 2 heterocycles. The maximum Gasteiger partial charge on any atom is 0.344 e. The molecular formula is C20H19NO6. The second-order valence-electron chi connectivity index (χ2n) is 6.02. The van der Waals surface area contributed by atoms with Gasteiger partial charge in [0.15, 0.2) is 11.5 Å². The number of amides is 1. The van der Waals surface area contributed by atoms with Gasteiger partial charge in [0.05, 0.1) is 12.2 Å². The number of esters is 1. The van der Waals surface area contributed by atoms with Crippen LogP contribution >= 0.6 is 0 Å². The van der Waals surface area contributed by atoms with Crippen LogP contribution < -0.4 is 5.32 Å². The standard InChI is InChI=1S/C20H19NO6/c1-5-25-20(24)16-15(11(3)22)12(4)26-19(16)21-18(23)17-10(2)13-8-6-7-9-14(13)27-17/h6-9H,5H2,1-4H3,(H,21,23). The number of carbonyl (C=O) groups is 3. The van der Waals surface area contributed by atoms with Crippen LogP contribution in [0.5, 0.6) is 0 Å². The number of anilines is 1.